The van der Waals surface area contributed by atoms with E-state index in [1.165, 1.54) is 4.90 Å². The fourth-order valence-corrected chi connectivity index (χ4v) is 4.01. The third-order valence-electron chi connectivity index (χ3n) is 4.82. The van der Waals surface area contributed by atoms with Crippen molar-refractivity contribution in [2.45, 2.75) is 38.0 Å². The van der Waals surface area contributed by atoms with E-state index in [1.807, 2.05) is 68.4 Å². The van der Waals surface area contributed by atoms with Crippen molar-refractivity contribution in [2.75, 3.05) is 4.90 Å². The first-order valence-electron chi connectivity index (χ1n) is 9.01. The summed E-state index contributed by atoms with van der Waals surface area (Å²) >= 11 is 13.2. The van der Waals surface area contributed by atoms with Gasteiger partial charge in [0.1, 0.15) is 5.03 Å². The van der Waals surface area contributed by atoms with E-state index >= 15 is 0 Å². The molecular weight excluding hydrogens is 381 g/mol. The number of rotatable bonds is 5. The molecule has 3 rings (SSSR count). The second-order valence-corrected chi connectivity index (χ2v) is 7.71. The molecule has 0 fully saturated rings. The molecule has 1 aliphatic heterocycles. The first-order chi connectivity index (χ1) is 12.9. The molecule has 0 aromatic heterocycles. The van der Waals surface area contributed by atoms with E-state index in [2.05, 4.69) is 0 Å². The normalized spacial score (nSPS) is 20.4. The van der Waals surface area contributed by atoms with Gasteiger partial charge in [0.2, 0.25) is 5.78 Å². The molecule has 0 radical (unpaired) electrons. The molecule has 1 heterocycles. The predicted octanol–water partition coefficient (Wildman–Crippen LogP) is 5.69. The number of amides is 1. The summed E-state index contributed by atoms with van der Waals surface area (Å²) in [5.41, 5.74) is 2.68. The van der Waals surface area contributed by atoms with Crippen molar-refractivity contribution in [1.82, 2.24) is 0 Å². The minimum absolute atomic E-state index is 0.00106. The zero-order chi connectivity index (χ0) is 19.6. The number of Topliss-reactive ketones (excluding diaryl/α,β-unsaturated/α-hetero) is 1. The summed E-state index contributed by atoms with van der Waals surface area (Å²) in [6.45, 7) is 3.91. The van der Waals surface area contributed by atoms with E-state index in [0.29, 0.717) is 17.8 Å². The number of unbranched alkanes of at least 4 members (excludes halogenated alkanes) is 1. The summed E-state index contributed by atoms with van der Waals surface area (Å²) in [4.78, 5) is 26.4. The van der Waals surface area contributed by atoms with Gasteiger partial charge in [0.25, 0.3) is 5.91 Å². The quantitative estimate of drug-likeness (QED) is 0.476. The van der Waals surface area contributed by atoms with E-state index in [-0.39, 0.29) is 11.5 Å². The number of nitrogens with zero attached hydrogens (tertiary/aromatic N) is 1. The van der Waals surface area contributed by atoms with Crippen LogP contribution in [0, 0.1) is 6.92 Å². The Kier molecular flexibility index (Phi) is 5.73. The molecule has 0 saturated carbocycles. The average Bonchev–Trinajstić information content (AvgIpc) is 2.69. The summed E-state index contributed by atoms with van der Waals surface area (Å²) in [5.74, 6) is -0.966. The molecule has 0 bridgehead atoms. The molecule has 140 valence electrons. The van der Waals surface area contributed by atoms with Crippen LogP contribution in [0.1, 0.15) is 37.3 Å². The van der Waals surface area contributed by atoms with Gasteiger partial charge >= 0.3 is 0 Å². The molecule has 1 aliphatic rings. The second kappa shape index (κ2) is 7.87. The third-order valence-corrected chi connectivity index (χ3v) is 5.70. The van der Waals surface area contributed by atoms with Gasteiger partial charge in [0.05, 0.1) is 5.70 Å². The third kappa shape index (κ3) is 3.42. The molecule has 3 nitrogen and oxygen atoms in total. The second-order valence-electron chi connectivity index (χ2n) is 6.69. The van der Waals surface area contributed by atoms with E-state index in [9.17, 15) is 9.59 Å². The van der Waals surface area contributed by atoms with Gasteiger partial charge in [0, 0.05) is 11.3 Å². The number of hydrogen-bond donors (Lipinski definition) is 0. The Morgan fingerprint density at radius 2 is 1.63 bits per heavy atom. The number of aryl methyl sites for hydroxylation is 1. The SMILES string of the molecule is CCCCC1(Cl)C(=O)C(Cl)=C(c2ccccc2C)N(c2ccccc2)C1=O. The maximum absolute atomic E-state index is 13.5. The number of ketones is 1. The zero-order valence-electron chi connectivity index (χ0n) is 15.3. The summed E-state index contributed by atoms with van der Waals surface area (Å²) < 4.78 is 0. The maximum Gasteiger partial charge on any atom is 0.260 e. The van der Waals surface area contributed by atoms with Crippen LogP contribution in [0.25, 0.3) is 5.70 Å². The Morgan fingerprint density at radius 3 is 2.26 bits per heavy atom. The van der Waals surface area contributed by atoms with Gasteiger partial charge < -0.3 is 0 Å². The van der Waals surface area contributed by atoms with Crippen LogP contribution < -0.4 is 4.90 Å². The Morgan fingerprint density at radius 1 is 1.00 bits per heavy atom. The zero-order valence-corrected chi connectivity index (χ0v) is 16.8. The van der Waals surface area contributed by atoms with Gasteiger partial charge in [-0.05, 0) is 31.0 Å². The van der Waals surface area contributed by atoms with Gasteiger partial charge in [-0.15, -0.1) is 0 Å². The minimum Gasteiger partial charge on any atom is -0.290 e. The number of anilines is 1. The number of alkyl halides is 1. The molecule has 1 amide bonds. The topological polar surface area (TPSA) is 37.4 Å². The van der Waals surface area contributed by atoms with E-state index in [4.69, 9.17) is 23.2 Å². The number of hydrogen-bond acceptors (Lipinski definition) is 2. The summed E-state index contributed by atoms with van der Waals surface area (Å²) in [6, 6.07) is 16.7. The highest BCUT2D eigenvalue weighted by atomic mass is 35.5. The molecule has 2 aromatic rings. The average molecular weight is 402 g/mol. The lowest BCUT2D eigenvalue weighted by atomic mass is 9.88. The van der Waals surface area contributed by atoms with Crippen molar-refractivity contribution in [3.05, 3.63) is 70.8 Å². The van der Waals surface area contributed by atoms with Gasteiger partial charge in [0.15, 0.2) is 4.87 Å². The van der Waals surface area contributed by atoms with Crippen LogP contribution in [-0.4, -0.2) is 16.6 Å². The summed E-state index contributed by atoms with van der Waals surface area (Å²) in [6.07, 6.45) is 1.74. The van der Waals surface area contributed by atoms with Crippen molar-refractivity contribution in [3.8, 4) is 0 Å². The lowest BCUT2D eigenvalue weighted by Crippen LogP contribution is -2.54. The first-order valence-corrected chi connectivity index (χ1v) is 9.76. The molecule has 5 heteroatoms. The standard InChI is InChI=1S/C22H21Cl2NO2/c1-3-4-14-22(24)20(26)18(23)19(17-13-9-8-10-15(17)2)25(21(22)27)16-11-6-5-7-12-16/h5-13H,3-4,14H2,1-2H3. The van der Waals surface area contributed by atoms with Gasteiger partial charge in [-0.2, -0.15) is 0 Å². The first kappa shape index (κ1) is 19.7. The van der Waals surface area contributed by atoms with Crippen molar-refractivity contribution >= 4 is 46.3 Å². The Labute approximate surface area is 169 Å². The molecule has 2 aromatic carbocycles. The van der Waals surface area contributed by atoms with Crippen LogP contribution in [0.3, 0.4) is 0 Å². The fraction of sp³-hybridized carbons (Fsp3) is 0.273. The van der Waals surface area contributed by atoms with E-state index in [0.717, 1.165) is 17.5 Å². The van der Waals surface area contributed by atoms with Crippen molar-refractivity contribution in [2.24, 2.45) is 0 Å². The number of para-hydroxylation sites is 1. The van der Waals surface area contributed by atoms with Crippen molar-refractivity contribution < 1.29 is 9.59 Å². The van der Waals surface area contributed by atoms with Crippen LogP contribution in [0.2, 0.25) is 0 Å². The highest BCUT2D eigenvalue weighted by Crippen LogP contribution is 2.43. The minimum atomic E-state index is -1.67. The molecule has 1 atom stereocenters. The molecule has 0 N–H and O–H groups in total. The predicted molar refractivity (Wildman–Crippen MR) is 111 cm³/mol. The largest absolute Gasteiger partial charge is 0.290 e. The Hall–Kier alpha value is -2.10. The van der Waals surface area contributed by atoms with E-state index in [1.54, 1.807) is 0 Å². The van der Waals surface area contributed by atoms with E-state index < -0.39 is 16.6 Å². The van der Waals surface area contributed by atoms with Crippen molar-refractivity contribution in [3.63, 3.8) is 0 Å². The fourth-order valence-electron chi connectivity index (χ4n) is 3.30. The lowest BCUT2D eigenvalue weighted by Gasteiger charge is -2.38. The number of benzene rings is 2. The molecule has 0 spiro atoms. The van der Waals surface area contributed by atoms with Crippen LogP contribution in [-0.2, 0) is 9.59 Å². The highest BCUT2D eigenvalue weighted by Gasteiger charge is 2.52. The number of allylic oxidation sites excluding steroid dienone is 1. The van der Waals surface area contributed by atoms with Crippen LogP contribution >= 0.6 is 23.2 Å². The molecule has 0 aliphatic carbocycles. The van der Waals surface area contributed by atoms with Crippen LogP contribution in [0.4, 0.5) is 5.69 Å². The molecule has 0 saturated heterocycles. The van der Waals surface area contributed by atoms with Gasteiger partial charge in [-0.25, -0.2) is 0 Å². The Bertz CT molecular complexity index is 908. The van der Waals surface area contributed by atoms with Crippen LogP contribution in [0.5, 0.6) is 0 Å². The molecule has 27 heavy (non-hydrogen) atoms. The highest BCUT2D eigenvalue weighted by molar-refractivity contribution is 6.61. The van der Waals surface area contributed by atoms with Gasteiger partial charge in [-0.1, -0.05) is 85.4 Å². The number of halogens is 2. The van der Waals surface area contributed by atoms with Crippen LogP contribution in [0.15, 0.2) is 59.6 Å². The summed E-state index contributed by atoms with van der Waals surface area (Å²) in [7, 11) is 0. The molecular formula is C22H21Cl2NO2. The number of carbonyl (C=O) groups excluding carboxylic acids is 2. The van der Waals surface area contributed by atoms with Gasteiger partial charge in [-0.3, -0.25) is 14.5 Å². The monoisotopic (exact) mass is 401 g/mol. The smallest absolute Gasteiger partial charge is 0.260 e. The number of carbonyl (C=O) groups is 2. The maximum atomic E-state index is 13.5. The Balaban J connectivity index is 2.26. The molecule has 1 unspecified atom stereocenters. The lowest BCUT2D eigenvalue weighted by molar-refractivity contribution is -0.128. The summed E-state index contributed by atoms with van der Waals surface area (Å²) in [5, 5.41) is -0.00106. The van der Waals surface area contributed by atoms with Crippen molar-refractivity contribution in [1.29, 1.82) is 0 Å².